The number of guanidine groups is 1. The first-order chi connectivity index (χ1) is 13.9. The Morgan fingerprint density at radius 3 is 2.66 bits per heavy atom. The molecule has 0 amide bonds. The molecule has 0 saturated carbocycles. The third-order valence-electron chi connectivity index (χ3n) is 3.85. The normalized spacial score (nSPS) is 11.9. The number of benzene rings is 2. The predicted octanol–water partition coefficient (Wildman–Crippen LogP) is 2.33. The van der Waals surface area contributed by atoms with Gasteiger partial charge in [-0.05, 0) is 36.8 Å². The van der Waals surface area contributed by atoms with Crippen molar-refractivity contribution >= 4 is 21.7 Å². The van der Waals surface area contributed by atoms with E-state index >= 15 is 0 Å². The highest BCUT2D eigenvalue weighted by Gasteiger charge is 2.08. The fourth-order valence-electron chi connectivity index (χ4n) is 2.49. The minimum Gasteiger partial charge on any atom is -0.493 e. The van der Waals surface area contributed by atoms with Crippen LogP contribution >= 0.6 is 0 Å². The Kier molecular flexibility index (Phi) is 8.91. The molecular weight excluding hydrogens is 392 g/mol. The van der Waals surface area contributed by atoms with Crippen LogP contribution in [0.2, 0.25) is 0 Å². The second-order valence-electron chi connectivity index (χ2n) is 6.24. The Morgan fingerprint density at radius 1 is 1.14 bits per heavy atom. The smallest absolute Gasteiger partial charge is 0.238 e. The molecule has 0 aliphatic rings. The number of rotatable bonds is 10. The van der Waals surface area contributed by atoms with Crippen molar-refractivity contribution in [1.82, 2.24) is 5.32 Å². The number of nitrogens with one attached hydrogen (secondary N) is 2. The van der Waals surface area contributed by atoms with Crippen molar-refractivity contribution in [3.63, 3.8) is 0 Å². The summed E-state index contributed by atoms with van der Waals surface area (Å²) in [6, 6.07) is 14.0. The third-order valence-corrected chi connectivity index (χ3v) is 4.76. The van der Waals surface area contributed by atoms with Crippen LogP contribution in [0.3, 0.4) is 0 Å². The zero-order valence-corrected chi connectivity index (χ0v) is 17.5. The predicted molar refractivity (Wildman–Crippen MR) is 115 cm³/mol. The van der Waals surface area contributed by atoms with E-state index in [1.165, 1.54) is 12.1 Å². The molecule has 0 unspecified atom stereocenters. The molecule has 2 rings (SSSR count). The number of anilines is 1. The minimum atomic E-state index is -3.74. The van der Waals surface area contributed by atoms with E-state index in [1.54, 1.807) is 19.2 Å². The summed E-state index contributed by atoms with van der Waals surface area (Å²) in [6.45, 7) is 4.17. The quantitative estimate of drug-likeness (QED) is 0.309. The van der Waals surface area contributed by atoms with Gasteiger partial charge in [-0.3, -0.25) is 0 Å². The number of ether oxygens (including phenoxy) is 2. The SMILES string of the molecule is CCNC(=NCc1cccc(S(N)(=O)=O)c1)Nc1cccc(OCCCOC)c1. The maximum atomic E-state index is 11.5. The van der Waals surface area contributed by atoms with Crippen LogP contribution < -0.4 is 20.5 Å². The summed E-state index contributed by atoms with van der Waals surface area (Å²) < 4.78 is 33.7. The molecule has 29 heavy (non-hydrogen) atoms. The van der Waals surface area contributed by atoms with E-state index in [2.05, 4.69) is 15.6 Å². The van der Waals surface area contributed by atoms with Crippen molar-refractivity contribution in [2.75, 3.05) is 32.2 Å². The van der Waals surface area contributed by atoms with Crippen molar-refractivity contribution in [3.05, 3.63) is 54.1 Å². The number of nitrogens with two attached hydrogens (primary N) is 1. The van der Waals surface area contributed by atoms with E-state index < -0.39 is 10.0 Å². The number of nitrogens with zero attached hydrogens (tertiary/aromatic N) is 1. The van der Waals surface area contributed by atoms with E-state index in [-0.39, 0.29) is 4.90 Å². The Hall–Kier alpha value is -2.62. The topological polar surface area (TPSA) is 115 Å². The first kappa shape index (κ1) is 22.7. The maximum absolute atomic E-state index is 11.5. The Morgan fingerprint density at radius 2 is 1.93 bits per heavy atom. The first-order valence-electron chi connectivity index (χ1n) is 9.31. The molecule has 0 radical (unpaired) electrons. The van der Waals surface area contributed by atoms with Crippen LogP contribution in [0.5, 0.6) is 5.75 Å². The molecule has 8 nitrogen and oxygen atoms in total. The zero-order valence-electron chi connectivity index (χ0n) is 16.7. The van der Waals surface area contributed by atoms with Gasteiger partial charge < -0.3 is 20.1 Å². The molecule has 0 atom stereocenters. The van der Waals surface area contributed by atoms with E-state index in [9.17, 15) is 8.42 Å². The van der Waals surface area contributed by atoms with Gasteiger partial charge in [0.2, 0.25) is 10.0 Å². The summed E-state index contributed by atoms with van der Waals surface area (Å²) in [7, 11) is -2.08. The number of hydrogen-bond donors (Lipinski definition) is 3. The van der Waals surface area contributed by atoms with Crippen LogP contribution in [0.15, 0.2) is 58.4 Å². The summed E-state index contributed by atoms with van der Waals surface area (Å²) in [5.41, 5.74) is 1.57. The van der Waals surface area contributed by atoms with Gasteiger partial charge in [0.1, 0.15) is 5.75 Å². The van der Waals surface area contributed by atoms with E-state index in [0.717, 1.165) is 23.4 Å². The van der Waals surface area contributed by atoms with E-state index in [4.69, 9.17) is 14.6 Å². The van der Waals surface area contributed by atoms with Crippen molar-refractivity contribution in [2.45, 2.75) is 24.8 Å². The molecule has 4 N–H and O–H groups in total. The van der Waals surface area contributed by atoms with Crippen LogP contribution in [0.25, 0.3) is 0 Å². The summed E-state index contributed by atoms with van der Waals surface area (Å²) in [5.74, 6) is 1.33. The summed E-state index contributed by atoms with van der Waals surface area (Å²) in [6.07, 6.45) is 0.815. The van der Waals surface area contributed by atoms with Crippen LogP contribution in [0.4, 0.5) is 5.69 Å². The fourth-order valence-corrected chi connectivity index (χ4v) is 3.08. The monoisotopic (exact) mass is 420 g/mol. The standard InChI is InChI=1S/C20H28N4O4S/c1-3-22-20(23-15-16-7-4-10-19(13-16)29(21,25)26)24-17-8-5-9-18(14-17)28-12-6-11-27-2/h4-5,7-10,13-14H,3,6,11-12,15H2,1-2H3,(H2,21,25,26)(H2,22,23,24). The van der Waals surface area contributed by atoms with Crippen molar-refractivity contribution in [1.29, 1.82) is 0 Å². The summed E-state index contributed by atoms with van der Waals surface area (Å²) in [5, 5.41) is 11.6. The molecule has 0 aliphatic heterocycles. The van der Waals surface area contributed by atoms with Gasteiger partial charge in [-0.2, -0.15) is 0 Å². The number of sulfonamides is 1. The second kappa shape index (κ2) is 11.4. The molecule has 158 valence electrons. The average molecular weight is 421 g/mol. The lowest BCUT2D eigenvalue weighted by Crippen LogP contribution is -2.30. The molecule has 9 heteroatoms. The number of aliphatic imine (C=N–C) groups is 1. The van der Waals surface area contributed by atoms with Gasteiger partial charge in [0, 0.05) is 38.4 Å². The lowest BCUT2D eigenvalue weighted by molar-refractivity contribution is 0.172. The molecule has 0 saturated heterocycles. The molecule has 0 aliphatic carbocycles. The van der Waals surface area contributed by atoms with Gasteiger partial charge in [0.25, 0.3) is 0 Å². The lowest BCUT2D eigenvalue weighted by Gasteiger charge is -2.13. The average Bonchev–Trinajstić information content (AvgIpc) is 2.69. The molecule has 0 heterocycles. The van der Waals surface area contributed by atoms with E-state index in [0.29, 0.717) is 32.3 Å². The Bertz CT molecular complexity index is 916. The molecule has 0 spiro atoms. The first-order valence-corrected chi connectivity index (χ1v) is 10.9. The van der Waals surface area contributed by atoms with Gasteiger partial charge in [-0.15, -0.1) is 0 Å². The van der Waals surface area contributed by atoms with Gasteiger partial charge in [-0.1, -0.05) is 18.2 Å². The van der Waals surface area contributed by atoms with Crippen molar-refractivity contribution in [3.8, 4) is 5.75 Å². The Balaban J connectivity index is 2.06. The molecule has 0 aromatic heterocycles. The van der Waals surface area contributed by atoms with Crippen molar-refractivity contribution < 1.29 is 17.9 Å². The molecule has 0 bridgehead atoms. The van der Waals surface area contributed by atoms with Crippen molar-refractivity contribution in [2.24, 2.45) is 10.1 Å². The highest BCUT2D eigenvalue weighted by Crippen LogP contribution is 2.18. The van der Waals surface area contributed by atoms with Gasteiger partial charge >= 0.3 is 0 Å². The maximum Gasteiger partial charge on any atom is 0.238 e. The zero-order chi connectivity index (χ0) is 21.1. The summed E-state index contributed by atoms with van der Waals surface area (Å²) >= 11 is 0. The van der Waals surface area contributed by atoms with Gasteiger partial charge in [-0.25, -0.2) is 18.5 Å². The number of primary sulfonamides is 1. The lowest BCUT2D eigenvalue weighted by atomic mass is 10.2. The van der Waals surface area contributed by atoms with Gasteiger partial charge in [0.15, 0.2) is 5.96 Å². The highest BCUT2D eigenvalue weighted by molar-refractivity contribution is 7.89. The second-order valence-corrected chi connectivity index (χ2v) is 7.80. The molecule has 2 aromatic carbocycles. The third kappa shape index (κ3) is 8.10. The molecule has 2 aromatic rings. The largest absolute Gasteiger partial charge is 0.493 e. The number of methoxy groups -OCH3 is 1. The molecular formula is C20H28N4O4S. The highest BCUT2D eigenvalue weighted by atomic mass is 32.2. The molecule has 0 fully saturated rings. The van der Waals surface area contributed by atoms with Crippen LogP contribution in [0, 0.1) is 0 Å². The van der Waals surface area contributed by atoms with Crippen LogP contribution in [-0.4, -0.2) is 41.2 Å². The van der Waals surface area contributed by atoms with E-state index in [1.807, 2.05) is 31.2 Å². The number of hydrogen-bond acceptors (Lipinski definition) is 5. The Labute approximate surface area is 172 Å². The summed E-state index contributed by atoms with van der Waals surface area (Å²) in [4.78, 5) is 4.59. The van der Waals surface area contributed by atoms with Crippen LogP contribution in [0.1, 0.15) is 18.9 Å². The van der Waals surface area contributed by atoms with Gasteiger partial charge in [0.05, 0.1) is 18.0 Å². The van der Waals surface area contributed by atoms with Crippen LogP contribution in [-0.2, 0) is 21.3 Å². The minimum absolute atomic E-state index is 0.0708. The fraction of sp³-hybridized carbons (Fsp3) is 0.350.